The summed E-state index contributed by atoms with van der Waals surface area (Å²) in [6, 6.07) is 4.38. The maximum Gasteiger partial charge on any atom is 0.173 e. The number of nitrogens with one attached hydrogen (secondary N) is 1. The Hall–Kier alpha value is -1.53. The maximum absolute atomic E-state index is 13.9. The van der Waals surface area contributed by atoms with Crippen molar-refractivity contribution in [3.63, 3.8) is 0 Å². The van der Waals surface area contributed by atoms with Crippen molar-refractivity contribution in [1.82, 2.24) is 25.5 Å². The second kappa shape index (κ2) is 6.28. The van der Waals surface area contributed by atoms with Gasteiger partial charge in [0.1, 0.15) is 5.69 Å². The van der Waals surface area contributed by atoms with Crippen LogP contribution in [-0.4, -0.2) is 26.8 Å². The van der Waals surface area contributed by atoms with Gasteiger partial charge in [-0.05, 0) is 41.9 Å². The van der Waals surface area contributed by atoms with E-state index in [1.165, 1.54) is 10.7 Å². The largest absolute Gasteiger partial charge is 0.307 e. The van der Waals surface area contributed by atoms with Gasteiger partial charge in [0.2, 0.25) is 0 Å². The van der Waals surface area contributed by atoms with E-state index in [2.05, 4.69) is 34.7 Å². The lowest BCUT2D eigenvalue weighted by Crippen LogP contribution is -2.26. The third-order valence-electron chi connectivity index (χ3n) is 2.86. The Morgan fingerprint density at radius 3 is 2.75 bits per heavy atom. The van der Waals surface area contributed by atoms with Gasteiger partial charge in [0.05, 0.1) is 11.1 Å². The summed E-state index contributed by atoms with van der Waals surface area (Å²) in [5, 5.41) is 15.0. The fraction of sp³-hybridized carbons (Fsp3) is 0.462. The molecule has 0 radical (unpaired) electrons. The predicted octanol–water partition coefficient (Wildman–Crippen LogP) is 2.76. The molecule has 1 unspecified atom stereocenters. The maximum atomic E-state index is 13.9. The molecule has 1 heterocycles. The second-order valence-electron chi connectivity index (χ2n) is 5.04. The van der Waals surface area contributed by atoms with Gasteiger partial charge in [-0.1, -0.05) is 31.5 Å². The second-order valence-corrected chi connectivity index (χ2v) is 5.45. The third-order valence-corrected chi connectivity index (χ3v) is 3.17. The minimum absolute atomic E-state index is 0.108. The minimum Gasteiger partial charge on any atom is -0.307 e. The first-order valence-corrected chi connectivity index (χ1v) is 6.84. The first-order valence-electron chi connectivity index (χ1n) is 6.46. The Morgan fingerprint density at radius 2 is 2.10 bits per heavy atom. The number of nitrogens with zero attached hydrogens (tertiary/aromatic N) is 4. The van der Waals surface area contributed by atoms with Gasteiger partial charge in [-0.25, -0.2) is 4.39 Å². The number of halogens is 2. The molecule has 0 aliphatic heterocycles. The summed E-state index contributed by atoms with van der Waals surface area (Å²) in [6.45, 7) is 6.96. The normalized spacial score (nSPS) is 12.9. The monoisotopic (exact) mass is 297 g/mol. The summed E-state index contributed by atoms with van der Waals surface area (Å²) in [5.74, 6) is 0.568. The standard InChI is InChI=1S/C13H17ClFN5/c1-8(2)7-16-9(3)13-17-18-19-20(13)12-10(14)5-4-6-11(12)15/h4-6,8-9,16H,7H2,1-3H3. The molecule has 0 bridgehead atoms. The van der Waals surface area contributed by atoms with Gasteiger partial charge in [-0.3, -0.25) is 0 Å². The van der Waals surface area contributed by atoms with Crippen LogP contribution >= 0.6 is 11.6 Å². The van der Waals surface area contributed by atoms with Crippen LogP contribution in [0.4, 0.5) is 4.39 Å². The zero-order chi connectivity index (χ0) is 14.7. The molecule has 20 heavy (non-hydrogen) atoms. The summed E-state index contributed by atoms with van der Waals surface area (Å²) >= 11 is 6.05. The highest BCUT2D eigenvalue weighted by molar-refractivity contribution is 6.32. The predicted molar refractivity (Wildman–Crippen MR) is 75.4 cm³/mol. The van der Waals surface area contributed by atoms with Gasteiger partial charge in [0.25, 0.3) is 0 Å². The highest BCUT2D eigenvalue weighted by Crippen LogP contribution is 2.24. The molecule has 0 aliphatic rings. The van der Waals surface area contributed by atoms with E-state index in [1.807, 2.05) is 6.92 Å². The quantitative estimate of drug-likeness (QED) is 0.922. The smallest absolute Gasteiger partial charge is 0.173 e. The van der Waals surface area contributed by atoms with Gasteiger partial charge < -0.3 is 5.32 Å². The Morgan fingerprint density at radius 1 is 1.35 bits per heavy atom. The number of hydrogen-bond acceptors (Lipinski definition) is 4. The first kappa shape index (κ1) is 14.9. The van der Waals surface area contributed by atoms with E-state index in [4.69, 9.17) is 11.6 Å². The average molecular weight is 298 g/mol. The van der Waals surface area contributed by atoms with Crippen molar-refractivity contribution < 1.29 is 4.39 Å². The van der Waals surface area contributed by atoms with E-state index < -0.39 is 5.82 Å². The van der Waals surface area contributed by atoms with Crippen molar-refractivity contribution in [2.24, 2.45) is 5.92 Å². The van der Waals surface area contributed by atoms with E-state index in [0.29, 0.717) is 11.7 Å². The van der Waals surface area contributed by atoms with E-state index in [9.17, 15) is 4.39 Å². The van der Waals surface area contributed by atoms with E-state index in [-0.39, 0.29) is 16.8 Å². The lowest BCUT2D eigenvalue weighted by Gasteiger charge is -2.15. The molecule has 0 spiro atoms. The number of para-hydroxylation sites is 1. The molecule has 1 aromatic carbocycles. The van der Waals surface area contributed by atoms with Crippen LogP contribution in [-0.2, 0) is 0 Å². The molecule has 1 aromatic heterocycles. The van der Waals surface area contributed by atoms with E-state index in [0.717, 1.165) is 6.54 Å². The summed E-state index contributed by atoms with van der Waals surface area (Å²) in [7, 11) is 0. The van der Waals surface area contributed by atoms with Crippen molar-refractivity contribution in [3.8, 4) is 5.69 Å². The number of aromatic nitrogens is 4. The zero-order valence-corrected chi connectivity index (χ0v) is 12.4. The molecular formula is C13H17ClFN5. The zero-order valence-electron chi connectivity index (χ0n) is 11.6. The van der Waals surface area contributed by atoms with Gasteiger partial charge in [0, 0.05) is 0 Å². The lowest BCUT2D eigenvalue weighted by atomic mass is 10.2. The lowest BCUT2D eigenvalue weighted by molar-refractivity contribution is 0.473. The van der Waals surface area contributed by atoms with Gasteiger partial charge in [-0.2, -0.15) is 4.68 Å². The summed E-state index contributed by atoms with van der Waals surface area (Å²) < 4.78 is 15.3. The van der Waals surface area contributed by atoms with Crippen LogP contribution in [0.25, 0.3) is 5.69 Å². The topological polar surface area (TPSA) is 55.6 Å². The Bertz CT molecular complexity index is 564. The third kappa shape index (κ3) is 3.13. The summed E-state index contributed by atoms with van der Waals surface area (Å²) in [5.41, 5.74) is 0.173. The molecule has 7 heteroatoms. The molecule has 1 atom stereocenters. The Balaban J connectivity index is 2.33. The van der Waals surface area contributed by atoms with Crippen LogP contribution in [0, 0.1) is 11.7 Å². The van der Waals surface area contributed by atoms with Crippen LogP contribution < -0.4 is 5.32 Å². The van der Waals surface area contributed by atoms with Crippen molar-refractivity contribution in [3.05, 3.63) is 34.9 Å². The number of rotatable bonds is 5. The van der Waals surface area contributed by atoms with Crippen molar-refractivity contribution in [2.75, 3.05) is 6.54 Å². The van der Waals surface area contributed by atoms with Crippen molar-refractivity contribution in [1.29, 1.82) is 0 Å². The van der Waals surface area contributed by atoms with Crippen molar-refractivity contribution >= 4 is 11.6 Å². The molecule has 108 valence electrons. The summed E-state index contributed by atoms with van der Waals surface area (Å²) in [6.07, 6.45) is 0. The molecular weight excluding hydrogens is 281 g/mol. The summed E-state index contributed by atoms with van der Waals surface area (Å²) in [4.78, 5) is 0. The van der Waals surface area contributed by atoms with Crippen LogP contribution in [0.3, 0.4) is 0 Å². The van der Waals surface area contributed by atoms with Crippen molar-refractivity contribution in [2.45, 2.75) is 26.8 Å². The molecule has 0 saturated heterocycles. The van der Waals surface area contributed by atoms with Crippen LogP contribution in [0.2, 0.25) is 5.02 Å². The average Bonchev–Trinajstić information content (AvgIpc) is 2.85. The molecule has 0 aliphatic carbocycles. The van der Waals surface area contributed by atoms with Gasteiger partial charge in [0.15, 0.2) is 11.6 Å². The number of benzene rings is 1. The van der Waals surface area contributed by atoms with Crippen LogP contribution in [0.5, 0.6) is 0 Å². The molecule has 0 saturated carbocycles. The minimum atomic E-state index is -0.456. The molecule has 0 fully saturated rings. The SMILES string of the molecule is CC(C)CNC(C)c1nnnn1-c1c(F)cccc1Cl. The fourth-order valence-corrected chi connectivity index (χ4v) is 2.06. The Kier molecular flexibility index (Phi) is 4.67. The molecule has 2 aromatic rings. The Labute approximate surface area is 122 Å². The van der Waals surface area contributed by atoms with Crippen LogP contribution in [0.15, 0.2) is 18.2 Å². The van der Waals surface area contributed by atoms with Gasteiger partial charge >= 0.3 is 0 Å². The molecule has 1 N–H and O–H groups in total. The first-order chi connectivity index (χ1) is 9.50. The fourth-order valence-electron chi connectivity index (χ4n) is 1.82. The van der Waals surface area contributed by atoms with E-state index in [1.54, 1.807) is 12.1 Å². The van der Waals surface area contributed by atoms with E-state index >= 15 is 0 Å². The van der Waals surface area contributed by atoms with Gasteiger partial charge in [-0.15, -0.1) is 5.10 Å². The highest BCUT2D eigenvalue weighted by atomic mass is 35.5. The molecule has 5 nitrogen and oxygen atoms in total. The highest BCUT2D eigenvalue weighted by Gasteiger charge is 2.19. The molecule has 2 rings (SSSR count). The van der Waals surface area contributed by atoms with Crippen LogP contribution in [0.1, 0.15) is 32.6 Å². The number of tetrazole rings is 1. The molecule has 0 amide bonds. The number of hydrogen-bond donors (Lipinski definition) is 1.